The molecule has 8 atom stereocenters. The first-order valence-corrected chi connectivity index (χ1v) is 15.8. The molecule has 8 nitrogen and oxygen atoms in total. The van der Waals surface area contributed by atoms with Gasteiger partial charge in [-0.05, 0) is 82.7 Å². The number of sulfonamides is 1. The van der Waals surface area contributed by atoms with Gasteiger partial charge in [-0.2, -0.15) is 0 Å². The summed E-state index contributed by atoms with van der Waals surface area (Å²) in [5.41, 5.74) is -5.26. The summed E-state index contributed by atoms with van der Waals surface area (Å²) in [5.74, 6) is -2.94. The zero-order valence-electron chi connectivity index (χ0n) is 23.4. The molecule has 4 aliphatic carbocycles. The quantitative estimate of drug-likeness (QED) is 0.518. The van der Waals surface area contributed by atoms with Crippen molar-refractivity contribution in [1.29, 1.82) is 0 Å². The second-order valence-electron chi connectivity index (χ2n) is 13.0. The van der Waals surface area contributed by atoms with Crippen LogP contribution < -0.4 is 4.72 Å². The standard InChI is InChI=1S/C30H35ClFNO7S/c1-26(2)39-25-14-22-21-9-8-17-12-19(34)10-11-27(17,3)29(21,32)23(35)15-28(22,4)30(25,40-26)24(36)16-33-41(37,38)20-7-5-6-18(31)13-20/h5-7,10-13,21-23,25,33,35H,8-9,14-16H2,1-4H3/t21?,22?,23-,25+,27?,28?,29-,30-/m0/s1. The number of aliphatic hydroxyl groups is 1. The van der Waals surface area contributed by atoms with Crippen LogP contribution in [0.3, 0.4) is 0 Å². The fourth-order valence-electron chi connectivity index (χ4n) is 8.82. The van der Waals surface area contributed by atoms with Crippen LogP contribution in [0.4, 0.5) is 4.39 Å². The highest BCUT2D eigenvalue weighted by Crippen LogP contribution is 2.72. The molecule has 222 valence electrons. The number of ketones is 2. The highest BCUT2D eigenvalue weighted by Gasteiger charge is 2.80. The first kappa shape index (κ1) is 29.1. The number of allylic oxidation sites excluding steroid dienone is 4. The molecular formula is C30H35ClFNO7S. The second-order valence-corrected chi connectivity index (χ2v) is 15.3. The number of fused-ring (bicyclic) bond motifs is 7. The minimum absolute atomic E-state index is 0.0834. The molecule has 5 aliphatic rings. The van der Waals surface area contributed by atoms with E-state index in [0.717, 1.165) is 0 Å². The number of aliphatic hydroxyl groups excluding tert-OH is 1. The average molecular weight is 608 g/mol. The van der Waals surface area contributed by atoms with E-state index >= 15 is 4.39 Å². The third kappa shape index (κ3) is 3.87. The zero-order chi connectivity index (χ0) is 29.8. The molecule has 1 aliphatic heterocycles. The lowest BCUT2D eigenvalue weighted by molar-refractivity contribution is -0.245. The highest BCUT2D eigenvalue weighted by molar-refractivity contribution is 7.89. The molecule has 0 aromatic heterocycles. The van der Waals surface area contributed by atoms with E-state index in [1.54, 1.807) is 32.9 Å². The summed E-state index contributed by atoms with van der Waals surface area (Å²) in [7, 11) is -4.09. The van der Waals surface area contributed by atoms with Crippen molar-refractivity contribution in [3.8, 4) is 0 Å². The summed E-state index contributed by atoms with van der Waals surface area (Å²) < 4.78 is 58.7. The third-order valence-corrected chi connectivity index (χ3v) is 12.2. The van der Waals surface area contributed by atoms with Crippen molar-refractivity contribution in [3.05, 3.63) is 53.1 Å². The van der Waals surface area contributed by atoms with Crippen molar-refractivity contribution >= 4 is 33.2 Å². The highest BCUT2D eigenvalue weighted by atomic mass is 35.5. The van der Waals surface area contributed by atoms with Crippen LogP contribution in [0.5, 0.6) is 0 Å². The molecule has 0 bridgehead atoms. The maximum Gasteiger partial charge on any atom is 0.241 e. The topological polar surface area (TPSA) is 119 Å². The van der Waals surface area contributed by atoms with E-state index in [1.165, 1.54) is 30.4 Å². The summed E-state index contributed by atoms with van der Waals surface area (Å²) in [4.78, 5) is 26.3. The summed E-state index contributed by atoms with van der Waals surface area (Å²) in [5, 5.41) is 11.9. The number of carbonyl (C=O) groups is 2. The van der Waals surface area contributed by atoms with Crippen LogP contribution in [0.2, 0.25) is 5.02 Å². The van der Waals surface area contributed by atoms with Crippen molar-refractivity contribution in [2.75, 3.05) is 6.54 Å². The van der Waals surface area contributed by atoms with Crippen molar-refractivity contribution in [2.24, 2.45) is 22.7 Å². The molecule has 0 radical (unpaired) electrons. The van der Waals surface area contributed by atoms with E-state index in [1.807, 2.05) is 6.92 Å². The number of nitrogens with one attached hydrogen (secondary N) is 1. The summed E-state index contributed by atoms with van der Waals surface area (Å²) >= 11 is 5.98. The molecule has 3 saturated carbocycles. The van der Waals surface area contributed by atoms with E-state index in [2.05, 4.69) is 4.72 Å². The van der Waals surface area contributed by atoms with Gasteiger partial charge in [-0.1, -0.05) is 36.2 Å². The molecule has 4 unspecified atom stereocenters. The van der Waals surface area contributed by atoms with Gasteiger partial charge in [0.15, 0.2) is 28.6 Å². The lowest BCUT2D eigenvalue weighted by atomic mass is 9.44. The average Bonchev–Trinajstić information content (AvgIpc) is 3.30. The number of Topliss-reactive ketones (excluding diaryl/α,β-unsaturated/α-hetero) is 1. The van der Waals surface area contributed by atoms with Crippen LogP contribution in [-0.4, -0.2) is 60.9 Å². The van der Waals surface area contributed by atoms with Gasteiger partial charge in [0.1, 0.15) is 0 Å². The number of hydrogen-bond acceptors (Lipinski definition) is 7. The molecule has 6 rings (SSSR count). The van der Waals surface area contributed by atoms with Gasteiger partial charge in [-0.25, -0.2) is 17.5 Å². The maximum atomic E-state index is 17.5. The number of hydrogen-bond donors (Lipinski definition) is 2. The molecular weight excluding hydrogens is 573 g/mol. The zero-order valence-corrected chi connectivity index (χ0v) is 25.0. The second kappa shape index (κ2) is 9.03. The molecule has 1 saturated heterocycles. The predicted molar refractivity (Wildman–Crippen MR) is 148 cm³/mol. The Labute approximate surface area is 244 Å². The van der Waals surface area contributed by atoms with Gasteiger partial charge in [0.25, 0.3) is 0 Å². The first-order valence-electron chi connectivity index (χ1n) is 14.0. The van der Waals surface area contributed by atoms with Gasteiger partial charge < -0.3 is 14.6 Å². The van der Waals surface area contributed by atoms with Crippen LogP contribution in [-0.2, 0) is 29.1 Å². The Kier molecular flexibility index (Phi) is 6.42. The van der Waals surface area contributed by atoms with Crippen molar-refractivity contribution in [1.82, 2.24) is 4.72 Å². The molecule has 1 aromatic carbocycles. The number of carbonyl (C=O) groups excluding carboxylic acids is 2. The maximum absolute atomic E-state index is 17.5. The Morgan fingerprint density at radius 3 is 2.66 bits per heavy atom. The Morgan fingerprint density at radius 1 is 1.22 bits per heavy atom. The monoisotopic (exact) mass is 607 g/mol. The third-order valence-electron chi connectivity index (χ3n) is 10.6. The SMILES string of the molecule is CC1(C)O[C@@H]2CC3C4CCC5=CC(=O)C=CC5(C)[C@@]4(F)[C@@H](O)CC3(C)[C@@]2(C(=O)CNS(=O)(=O)c2cccc(Cl)c2)O1. The van der Waals surface area contributed by atoms with E-state index in [-0.39, 0.29) is 22.1 Å². The van der Waals surface area contributed by atoms with E-state index in [9.17, 15) is 23.1 Å². The van der Waals surface area contributed by atoms with Gasteiger partial charge in [-0.15, -0.1) is 0 Å². The van der Waals surface area contributed by atoms with Crippen LogP contribution in [0.25, 0.3) is 0 Å². The molecule has 41 heavy (non-hydrogen) atoms. The lowest BCUT2D eigenvalue weighted by Gasteiger charge is -2.62. The number of ether oxygens (including phenoxy) is 2. The fourth-order valence-corrected chi connectivity index (χ4v) is 10.1. The summed E-state index contributed by atoms with van der Waals surface area (Å²) in [6, 6.07) is 5.72. The van der Waals surface area contributed by atoms with Gasteiger partial charge >= 0.3 is 0 Å². The number of rotatable bonds is 5. The molecule has 11 heteroatoms. The van der Waals surface area contributed by atoms with E-state index in [4.69, 9.17) is 21.1 Å². The number of alkyl halides is 1. The van der Waals surface area contributed by atoms with Crippen LogP contribution in [0, 0.1) is 22.7 Å². The minimum Gasteiger partial charge on any atom is -0.390 e. The first-order chi connectivity index (χ1) is 19.0. The lowest BCUT2D eigenvalue weighted by Crippen LogP contribution is -2.70. The fraction of sp³-hybridized carbons (Fsp3) is 0.600. The number of benzene rings is 1. The molecule has 0 amide bonds. The molecule has 0 spiro atoms. The summed E-state index contributed by atoms with van der Waals surface area (Å²) in [6.45, 7) is 6.37. The summed E-state index contributed by atoms with van der Waals surface area (Å²) in [6.07, 6.45) is 3.28. The van der Waals surface area contributed by atoms with Gasteiger partial charge in [0, 0.05) is 21.8 Å². The molecule has 1 heterocycles. The normalized spacial score (nSPS) is 42.6. The minimum atomic E-state index is -4.09. The smallest absolute Gasteiger partial charge is 0.241 e. The van der Waals surface area contributed by atoms with Gasteiger partial charge in [0.2, 0.25) is 10.0 Å². The molecule has 4 fully saturated rings. The largest absolute Gasteiger partial charge is 0.390 e. The Morgan fingerprint density at radius 2 is 1.95 bits per heavy atom. The van der Waals surface area contributed by atoms with Crippen molar-refractivity contribution < 1.29 is 37.0 Å². The molecule has 2 N–H and O–H groups in total. The van der Waals surface area contributed by atoms with E-state index < -0.39 is 74.3 Å². The Hall–Kier alpha value is -1.95. The van der Waals surface area contributed by atoms with Crippen LogP contribution in [0.1, 0.15) is 53.4 Å². The number of halogens is 2. The van der Waals surface area contributed by atoms with E-state index in [0.29, 0.717) is 24.8 Å². The van der Waals surface area contributed by atoms with Crippen molar-refractivity contribution in [2.45, 2.75) is 87.5 Å². The van der Waals surface area contributed by atoms with Crippen LogP contribution >= 0.6 is 11.6 Å². The van der Waals surface area contributed by atoms with Gasteiger partial charge in [0.05, 0.1) is 23.6 Å². The Bertz CT molecular complexity index is 1510. The van der Waals surface area contributed by atoms with Crippen LogP contribution in [0.15, 0.2) is 53.0 Å². The molecule has 1 aromatic rings. The van der Waals surface area contributed by atoms with Gasteiger partial charge in [-0.3, -0.25) is 9.59 Å². The predicted octanol–water partition coefficient (Wildman–Crippen LogP) is 4.06. The van der Waals surface area contributed by atoms with Crippen molar-refractivity contribution in [3.63, 3.8) is 0 Å². The Balaban J connectivity index is 1.37.